The van der Waals surface area contributed by atoms with Crippen molar-refractivity contribution in [2.24, 2.45) is 0 Å². The molecule has 1 aliphatic carbocycles. The van der Waals surface area contributed by atoms with Gasteiger partial charge in [0.15, 0.2) is 11.6 Å². The number of fused-ring (bicyclic) bond motifs is 4. The molecule has 1 aliphatic rings. The predicted octanol–water partition coefficient (Wildman–Crippen LogP) is 3.32. The van der Waals surface area contributed by atoms with Crippen molar-refractivity contribution in [3.05, 3.63) is 76.9 Å². The molecule has 3 aromatic carbocycles. The van der Waals surface area contributed by atoms with Gasteiger partial charge in [0.2, 0.25) is 0 Å². The van der Waals surface area contributed by atoms with Gasteiger partial charge in [-0.1, -0.05) is 48.5 Å². The Morgan fingerprint density at radius 3 is 2.00 bits per heavy atom. The first kappa shape index (κ1) is 11.9. The number of carbonyl (C=O) groups is 2. The second kappa shape index (κ2) is 4.03. The molecule has 0 aliphatic heterocycles. The number of phenols is 1. The largest absolute Gasteiger partial charge is 0.507 e. The van der Waals surface area contributed by atoms with E-state index < -0.39 is 0 Å². The molecular formula is C18H10O3. The Hall–Kier alpha value is -2.94. The molecular weight excluding hydrogens is 264 g/mol. The highest BCUT2D eigenvalue weighted by molar-refractivity contribution is 6.33. The molecule has 0 saturated carbocycles. The molecule has 0 bridgehead atoms. The van der Waals surface area contributed by atoms with Gasteiger partial charge in [-0.3, -0.25) is 9.59 Å². The van der Waals surface area contributed by atoms with Crippen LogP contribution in [0.25, 0.3) is 10.8 Å². The summed E-state index contributed by atoms with van der Waals surface area (Å²) in [6.07, 6.45) is 0. The summed E-state index contributed by atoms with van der Waals surface area (Å²) in [6.45, 7) is 0. The van der Waals surface area contributed by atoms with Crippen LogP contribution >= 0.6 is 0 Å². The molecule has 0 saturated heterocycles. The predicted molar refractivity (Wildman–Crippen MR) is 78.9 cm³/mol. The first-order chi connectivity index (χ1) is 10.2. The summed E-state index contributed by atoms with van der Waals surface area (Å²) in [5, 5.41) is 11.6. The minimum absolute atomic E-state index is 0.109. The highest BCUT2D eigenvalue weighted by atomic mass is 16.3. The third kappa shape index (κ3) is 1.48. The summed E-state index contributed by atoms with van der Waals surface area (Å²) in [5.41, 5.74) is 1.15. The van der Waals surface area contributed by atoms with E-state index >= 15 is 0 Å². The normalized spacial score (nSPS) is 13.1. The zero-order chi connectivity index (χ0) is 14.6. The van der Waals surface area contributed by atoms with Gasteiger partial charge in [-0.05, 0) is 16.8 Å². The second-order valence-corrected chi connectivity index (χ2v) is 5.07. The van der Waals surface area contributed by atoms with Crippen molar-refractivity contribution in [2.45, 2.75) is 0 Å². The Kier molecular flexibility index (Phi) is 2.27. The summed E-state index contributed by atoms with van der Waals surface area (Å²) < 4.78 is 0. The van der Waals surface area contributed by atoms with Crippen LogP contribution in [0, 0.1) is 0 Å². The first-order valence-corrected chi connectivity index (χ1v) is 6.61. The average Bonchev–Trinajstić information content (AvgIpc) is 2.51. The van der Waals surface area contributed by atoms with Crippen LogP contribution in [0.1, 0.15) is 31.8 Å². The number of phenolic OH excluding ortho intramolecular Hbond substituents is 1. The molecule has 3 aromatic rings. The molecule has 0 amide bonds. The van der Waals surface area contributed by atoms with Crippen LogP contribution in [-0.2, 0) is 0 Å². The summed E-state index contributed by atoms with van der Waals surface area (Å²) in [6, 6.07) is 15.5. The molecule has 21 heavy (non-hydrogen) atoms. The Balaban J connectivity index is 2.18. The smallest absolute Gasteiger partial charge is 0.198 e. The summed E-state index contributed by atoms with van der Waals surface area (Å²) >= 11 is 0. The van der Waals surface area contributed by atoms with Crippen molar-refractivity contribution in [1.29, 1.82) is 0 Å². The minimum Gasteiger partial charge on any atom is -0.507 e. The lowest BCUT2D eigenvalue weighted by molar-refractivity contribution is 0.0978. The lowest BCUT2D eigenvalue weighted by atomic mass is 9.81. The zero-order valence-corrected chi connectivity index (χ0v) is 11.0. The quantitative estimate of drug-likeness (QED) is 0.535. The van der Waals surface area contributed by atoms with E-state index in [1.807, 2.05) is 18.2 Å². The molecule has 0 heterocycles. The van der Waals surface area contributed by atoms with Crippen LogP contribution in [0.2, 0.25) is 0 Å². The van der Waals surface area contributed by atoms with Gasteiger partial charge in [-0.25, -0.2) is 0 Å². The van der Waals surface area contributed by atoms with Crippen molar-refractivity contribution >= 4 is 22.3 Å². The lowest BCUT2D eigenvalue weighted by Gasteiger charge is -2.20. The molecule has 0 radical (unpaired) electrons. The molecule has 0 spiro atoms. The van der Waals surface area contributed by atoms with E-state index in [-0.39, 0.29) is 22.9 Å². The number of hydrogen-bond acceptors (Lipinski definition) is 3. The highest BCUT2D eigenvalue weighted by Gasteiger charge is 2.33. The van der Waals surface area contributed by atoms with Crippen molar-refractivity contribution < 1.29 is 14.7 Å². The number of carbonyl (C=O) groups excluding carboxylic acids is 2. The molecule has 100 valence electrons. The fourth-order valence-corrected chi connectivity index (χ4v) is 2.95. The molecule has 4 rings (SSSR count). The van der Waals surface area contributed by atoms with Gasteiger partial charge in [-0.15, -0.1) is 0 Å². The number of rotatable bonds is 0. The molecule has 0 fully saturated rings. The van der Waals surface area contributed by atoms with Crippen LogP contribution < -0.4 is 0 Å². The fourth-order valence-electron chi connectivity index (χ4n) is 2.95. The molecule has 0 aromatic heterocycles. The Labute approximate surface area is 120 Å². The molecule has 0 unspecified atom stereocenters. The van der Waals surface area contributed by atoms with Crippen LogP contribution in [0.15, 0.2) is 54.6 Å². The number of ketones is 2. The van der Waals surface area contributed by atoms with E-state index in [4.69, 9.17) is 0 Å². The average molecular weight is 274 g/mol. The number of benzene rings is 3. The van der Waals surface area contributed by atoms with E-state index in [2.05, 4.69) is 0 Å². The van der Waals surface area contributed by atoms with Gasteiger partial charge in [0.25, 0.3) is 0 Å². The Bertz CT molecular complexity index is 938. The van der Waals surface area contributed by atoms with E-state index in [0.717, 1.165) is 5.39 Å². The monoisotopic (exact) mass is 274 g/mol. The SMILES string of the molecule is O=C1c2ccccc2C(=O)c2c1c(O)cc1ccccc21. The van der Waals surface area contributed by atoms with Crippen molar-refractivity contribution in [3.63, 3.8) is 0 Å². The minimum atomic E-state index is -0.302. The topological polar surface area (TPSA) is 54.4 Å². The van der Waals surface area contributed by atoms with Crippen LogP contribution in [0.3, 0.4) is 0 Å². The van der Waals surface area contributed by atoms with Gasteiger partial charge in [-0.2, -0.15) is 0 Å². The fraction of sp³-hybridized carbons (Fsp3) is 0. The third-order valence-electron chi connectivity index (χ3n) is 3.90. The second-order valence-electron chi connectivity index (χ2n) is 5.07. The van der Waals surface area contributed by atoms with E-state index in [1.54, 1.807) is 30.3 Å². The van der Waals surface area contributed by atoms with Crippen LogP contribution in [0.5, 0.6) is 5.75 Å². The van der Waals surface area contributed by atoms with Crippen molar-refractivity contribution in [2.75, 3.05) is 0 Å². The van der Waals surface area contributed by atoms with Crippen molar-refractivity contribution in [1.82, 2.24) is 0 Å². The standard InChI is InChI=1S/C18H10O3/c19-14-9-10-5-1-2-6-11(10)15-16(14)18(21)13-8-4-3-7-12(13)17(15)20/h1-9,19H. The highest BCUT2D eigenvalue weighted by Crippen LogP contribution is 2.37. The van der Waals surface area contributed by atoms with Gasteiger partial charge in [0.05, 0.1) is 5.56 Å². The third-order valence-corrected chi connectivity index (χ3v) is 3.90. The molecule has 0 atom stereocenters. The summed E-state index contributed by atoms with van der Waals surface area (Å²) in [7, 11) is 0. The van der Waals surface area contributed by atoms with E-state index in [9.17, 15) is 14.7 Å². The first-order valence-electron chi connectivity index (χ1n) is 6.61. The molecule has 1 N–H and O–H groups in total. The van der Waals surface area contributed by atoms with Gasteiger partial charge < -0.3 is 5.11 Å². The lowest BCUT2D eigenvalue weighted by Crippen LogP contribution is -2.21. The van der Waals surface area contributed by atoms with Gasteiger partial charge in [0.1, 0.15) is 5.75 Å². The van der Waals surface area contributed by atoms with Gasteiger partial charge >= 0.3 is 0 Å². The maximum Gasteiger partial charge on any atom is 0.198 e. The zero-order valence-electron chi connectivity index (χ0n) is 11.0. The Morgan fingerprint density at radius 2 is 1.29 bits per heavy atom. The van der Waals surface area contributed by atoms with Crippen molar-refractivity contribution in [3.8, 4) is 5.75 Å². The van der Waals surface area contributed by atoms with Crippen LogP contribution in [0.4, 0.5) is 0 Å². The molecule has 3 heteroatoms. The number of hydrogen-bond donors (Lipinski definition) is 1. The maximum absolute atomic E-state index is 12.8. The number of aromatic hydroxyl groups is 1. The van der Waals surface area contributed by atoms with E-state index in [0.29, 0.717) is 22.1 Å². The summed E-state index contributed by atoms with van der Waals surface area (Å²) in [5.74, 6) is -0.660. The van der Waals surface area contributed by atoms with E-state index in [1.165, 1.54) is 6.07 Å². The summed E-state index contributed by atoms with van der Waals surface area (Å²) in [4.78, 5) is 25.4. The maximum atomic E-state index is 12.8. The van der Waals surface area contributed by atoms with Crippen LogP contribution in [-0.4, -0.2) is 16.7 Å². The van der Waals surface area contributed by atoms with Gasteiger partial charge in [0, 0.05) is 16.7 Å². The molecule has 3 nitrogen and oxygen atoms in total. The Morgan fingerprint density at radius 1 is 0.714 bits per heavy atom.